The minimum atomic E-state index is 0. The summed E-state index contributed by atoms with van der Waals surface area (Å²) in [4.78, 5) is 14.3. The standard InChI is InChI=1S/C16H24N2O.ClH/c1-16(2)9-7-14(8-10-16)18(3)15(19)12-5-4-6-13(17)11-12;/h4-6,11,14H,7-10,17H2,1-3H3;1H. The van der Waals surface area contributed by atoms with Crippen molar-refractivity contribution in [3.63, 3.8) is 0 Å². The van der Waals surface area contributed by atoms with Gasteiger partial charge in [-0.15, -0.1) is 12.4 Å². The third-order valence-corrected chi connectivity index (χ3v) is 4.31. The molecule has 0 aliphatic heterocycles. The summed E-state index contributed by atoms with van der Waals surface area (Å²) >= 11 is 0. The summed E-state index contributed by atoms with van der Waals surface area (Å²) in [5.41, 5.74) is 7.50. The molecule has 0 unspecified atom stereocenters. The first-order valence-electron chi connectivity index (χ1n) is 7.02. The molecule has 112 valence electrons. The van der Waals surface area contributed by atoms with E-state index in [0.717, 1.165) is 12.8 Å². The molecule has 0 spiro atoms. The van der Waals surface area contributed by atoms with E-state index in [1.807, 2.05) is 24.1 Å². The molecular weight excluding hydrogens is 272 g/mol. The van der Waals surface area contributed by atoms with Crippen LogP contribution >= 0.6 is 12.4 Å². The fraction of sp³-hybridized carbons (Fsp3) is 0.562. The third-order valence-electron chi connectivity index (χ3n) is 4.31. The molecule has 1 aliphatic carbocycles. The Labute approximate surface area is 127 Å². The predicted octanol–water partition coefficient (Wildman–Crippen LogP) is 3.73. The van der Waals surface area contributed by atoms with Gasteiger partial charge in [-0.1, -0.05) is 19.9 Å². The first-order valence-corrected chi connectivity index (χ1v) is 7.02. The summed E-state index contributed by atoms with van der Waals surface area (Å²) in [5, 5.41) is 0. The van der Waals surface area contributed by atoms with Crippen LogP contribution in [0.5, 0.6) is 0 Å². The van der Waals surface area contributed by atoms with Gasteiger partial charge in [-0.3, -0.25) is 4.79 Å². The summed E-state index contributed by atoms with van der Waals surface area (Å²) in [5.74, 6) is 0.0806. The van der Waals surface area contributed by atoms with E-state index in [0.29, 0.717) is 22.7 Å². The molecule has 1 aromatic carbocycles. The summed E-state index contributed by atoms with van der Waals surface area (Å²) in [6.07, 6.45) is 4.56. The van der Waals surface area contributed by atoms with Crippen molar-refractivity contribution in [2.45, 2.75) is 45.6 Å². The average Bonchev–Trinajstić information content (AvgIpc) is 2.37. The van der Waals surface area contributed by atoms with Crippen molar-refractivity contribution in [2.24, 2.45) is 5.41 Å². The molecule has 0 aromatic heterocycles. The SMILES string of the molecule is CN(C(=O)c1cccc(N)c1)C1CCC(C)(C)CC1.Cl. The highest BCUT2D eigenvalue weighted by Gasteiger charge is 2.30. The van der Waals surface area contributed by atoms with Gasteiger partial charge in [0.05, 0.1) is 0 Å². The van der Waals surface area contributed by atoms with Crippen molar-refractivity contribution in [3.8, 4) is 0 Å². The molecule has 2 rings (SSSR count). The third kappa shape index (κ3) is 3.89. The molecule has 0 bridgehead atoms. The van der Waals surface area contributed by atoms with Crippen LogP contribution in [0.3, 0.4) is 0 Å². The van der Waals surface area contributed by atoms with E-state index in [1.165, 1.54) is 12.8 Å². The Balaban J connectivity index is 0.00000200. The summed E-state index contributed by atoms with van der Waals surface area (Å²) < 4.78 is 0. The molecule has 1 aromatic rings. The van der Waals surface area contributed by atoms with E-state index in [-0.39, 0.29) is 18.3 Å². The second kappa shape index (κ2) is 6.49. The highest BCUT2D eigenvalue weighted by atomic mass is 35.5. The summed E-state index contributed by atoms with van der Waals surface area (Å²) in [7, 11) is 1.91. The smallest absolute Gasteiger partial charge is 0.253 e. The molecule has 1 fully saturated rings. The van der Waals surface area contributed by atoms with Crippen LogP contribution in [0, 0.1) is 5.41 Å². The first kappa shape index (κ1) is 16.8. The number of hydrogen-bond donors (Lipinski definition) is 1. The number of carbonyl (C=O) groups excluding carboxylic acids is 1. The molecule has 4 heteroatoms. The maximum absolute atomic E-state index is 12.4. The van der Waals surface area contributed by atoms with Crippen LogP contribution in [0.25, 0.3) is 0 Å². The fourth-order valence-corrected chi connectivity index (χ4v) is 2.81. The lowest BCUT2D eigenvalue weighted by Crippen LogP contribution is -2.40. The molecule has 1 amide bonds. The Bertz CT molecular complexity index is 463. The molecule has 20 heavy (non-hydrogen) atoms. The van der Waals surface area contributed by atoms with Gasteiger partial charge in [0.25, 0.3) is 5.91 Å². The molecule has 2 N–H and O–H groups in total. The Morgan fingerprint density at radius 2 is 1.90 bits per heavy atom. The van der Waals surface area contributed by atoms with E-state index in [1.54, 1.807) is 12.1 Å². The van der Waals surface area contributed by atoms with Crippen molar-refractivity contribution in [1.82, 2.24) is 4.90 Å². The predicted molar refractivity (Wildman–Crippen MR) is 86.2 cm³/mol. The average molecular weight is 297 g/mol. The van der Waals surface area contributed by atoms with Gasteiger partial charge in [0, 0.05) is 24.3 Å². The van der Waals surface area contributed by atoms with E-state index in [4.69, 9.17) is 5.73 Å². The number of carbonyl (C=O) groups is 1. The molecule has 0 saturated heterocycles. The number of nitrogens with zero attached hydrogens (tertiary/aromatic N) is 1. The van der Waals surface area contributed by atoms with Gasteiger partial charge in [-0.05, 0) is 49.3 Å². The molecular formula is C16H25ClN2O. The Kier molecular flexibility index (Phi) is 5.46. The van der Waals surface area contributed by atoms with Crippen LogP contribution in [0.15, 0.2) is 24.3 Å². The van der Waals surface area contributed by atoms with Gasteiger partial charge in [0.1, 0.15) is 0 Å². The highest BCUT2D eigenvalue weighted by Crippen LogP contribution is 2.36. The van der Waals surface area contributed by atoms with Gasteiger partial charge in [0.2, 0.25) is 0 Å². The monoisotopic (exact) mass is 296 g/mol. The highest BCUT2D eigenvalue weighted by molar-refractivity contribution is 5.95. The maximum Gasteiger partial charge on any atom is 0.253 e. The number of nitrogen functional groups attached to an aromatic ring is 1. The lowest BCUT2D eigenvalue weighted by molar-refractivity contribution is 0.0635. The van der Waals surface area contributed by atoms with E-state index in [9.17, 15) is 4.79 Å². The molecule has 1 aliphatic rings. The molecule has 1 saturated carbocycles. The normalized spacial score (nSPS) is 18.1. The van der Waals surface area contributed by atoms with Crippen molar-refractivity contribution in [3.05, 3.63) is 29.8 Å². The van der Waals surface area contributed by atoms with Gasteiger partial charge in [-0.25, -0.2) is 0 Å². The van der Waals surface area contributed by atoms with Gasteiger partial charge in [0.15, 0.2) is 0 Å². The Morgan fingerprint density at radius 1 is 1.30 bits per heavy atom. The van der Waals surface area contributed by atoms with Crippen LogP contribution in [-0.4, -0.2) is 23.9 Å². The number of anilines is 1. The van der Waals surface area contributed by atoms with Crippen molar-refractivity contribution < 1.29 is 4.79 Å². The number of halogens is 1. The van der Waals surface area contributed by atoms with Crippen LogP contribution in [0.4, 0.5) is 5.69 Å². The van der Waals surface area contributed by atoms with Crippen molar-refractivity contribution in [1.29, 1.82) is 0 Å². The summed E-state index contributed by atoms with van der Waals surface area (Å²) in [6, 6.07) is 7.59. The minimum Gasteiger partial charge on any atom is -0.399 e. The number of hydrogen-bond acceptors (Lipinski definition) is 2. The topological polar surface area (TPSA) is 46.3 Å². The van der Waals surface area contributed by atoms with Crippen LogP contribution < -0.4 is 5.73 Å². The quantitative estimate of drug-likeness (QED) is 0.845. The van der Waals surface area contributed by atoms with Crippen LogP contribution in [-0.2, 0) is 0 Å². The van der Waals surface area contributed by atoms with Crippen molar-refractivity contribution in [2.75, 3.05) is 12.8 Å². The molecule has 0 atom stereocenters. The van der Waals surface area contributed by atoms with E-state index in [2.05, 4.69) is 13.8 Å². The fourth-order valence-electron chi connectivity index (χ4n) is 2.81. The zero-order chi connectivity index (χ0) is 14.0. The summed E-state index contributed by atoms with van der Waals surface area (Å²) in [6.45, 7) is 4.62. The number of rotatable bonds is 2. The minimum absolute atomic E-state index is 0. The number of amides is 1. The maximum atomic E-state index is 12.4. The van der Waals surface area contributed by atoms with E-state index >= 15 is 0 Å². The largest absolute Gasteiger partial charge is 0.399 e. The Hall–Kier alpha value is -1.22. The molecule has 3 nitrogen and oxygen atoms in total. The number of benzene rings is 1. The zero-order valence-electron chi connectivity index (χ0n) is 12.6. The van der Waals surface area contributed by atoms with Crippen molar-refractivity contribution >= 4 is 24.0 Å². The van der Waals surface area contributed by atoms with Gasteiger partial charge in [-0.2, -0.15) is 0 Å². The lowest BCUT2D eigenvalue weighted by atomic mass is 9.75. The lowest BCUT2D eigenvalue weighted by Gasteiger charge is -2.38. The molecule has 0 radical (unpaired) electrons. The van der Waals surface area contributed by atoms with Gasteiger partial charge < -0.3 is 10.6 Å². The van der Waals surface area contributed by atoms with Gasteiger partial charge >= 0.3 is 0 Å². The molecule has 0 heterocycles. The first-order chi connectivity index (χ1) is 8.89. The second-order valence-electron chi connectivity index (χ2n) is 6.44. The van der Waals surface area contributed by atoms with E-state index < -0.39 is 0 Å². The van der Waals surface area contributed by atoms with Crippen LogP contribution in [0.2, 0.25) is 0 Å². The van der Waals surface area contributed by atoms with Crippen LogP contribution in [0.1, 0.15) is 49.9 Å². The second-order valence-corrected chi connectivity index (χ2v) is 6.44. The zero-order valence-corrected chi connectivity index (χ0v) is 13.4. The Morgan fingerprint density at radius 3 is 2.45 bits per heavy atom. The number of nitrogens with two attached hydrogens (primary N) is 1.